The van der Waals surface area contributed by atoms with Crippen LogP contribution in [0.25, 0.3) is 10.8 Å². The van der Waals surface area contributed by atoms with Crippen molar-refractivity contribution in [2.45, 2.75) is 4.90 Å². The van der Waals surface area contributed by atoms with Crippen molar-refractivity contribution in [2.75, 3.05) is 16.3 Å². The Hall–Kier alpha value is -1.80. The van der Waals surface area contributed by atoms with Crippen molar-refractivity contribution in [3.8, 4) is 0 Å². The Labute approximate surface area is 171 Å². The molecule has 7 nitrogen and oxygen atoms in total. The van der Waals surface area contributed by atoms with Crippen LogP contribution in [0, 0.1) is 0 Å². The van der Waals surface area contributed by atoms with Crippen LogP contribution in [0.5, 0.6) is 0 Å². The molecule has 0 unspecified atom stereocenters. The second-order valence-corrected chi connectivity index (χ2v) is 10.3. The van der Waals surface area contributed by atoms with E-state index in [0.29, 0.717) is 15.1 Å². The summed E-state index contributed by atoms with van der Waals surface area (Å²) < 4.78 is 39.0. The van der Waals surface area contributed by atoms with E-state index in [4.69, 9.17) is 28.9 Å². The largest absolute Gasteiger partial charge is 0.397 e. The van der Waals surface area contributed by atoms with E-state index in [2.05, 4.69) is 0 Å². The SMILES string of the molecule is Nc1ccc2ccccc2c1N(CP(=O)(O)O)S(=O)(=O)c1cc(Cl)cc(Cl)c1. The first-order valence-electron chi connectivity index (χ1n) is 7.80. The zero-order chi connectivity index (χ0) is 20.7. The summed E-state index contributed by atoms with van der Waals surface area (Å²) in [6.45, 7) is 0. The molecular formula is C17H15Cl2N2O5PS. The highest BCUT2D eigenvalue weighted by molar-refractivity contribution is 7.93. The molecule has 148 valence electrons. The first-order valence-corrected chi connectivity index (χ1v) is 11.8. The molecule has 0 amide bonds. The predicted octanol–water partition coefficient (Wildman–Crippen LogP) is 4.06. The lowest BCUT2D eigenvalue weighted by Crippen LogP contribution is -2.33. The van der Waals surface area contributed by atoms with Gasteiger partial charge in [0.2, 0.25) is 0 Å². The minimum Gasteiger partial charge on any atom is -0.397 e. The number of sulfonamides is 1. The molecule has 0 bridgehead atoms. The Kier molecular flexibility index (Phi) is 5.64. The number of halogens is 2. The van der Waals surface area contributed by atoms with Gasteiger partial charge in [0, 0.05) is 15.4 Å². The predicted molar refractivity (Wildman–Crippen MR) is 111 cm³/mol. The molecule has 0 aliphatic rings. The van der Waals surface area contributed by atoms with Crippen LogP contribution in [0.15, 0.2) is 59.5 Å². The van der Waals surface area contributed by atoms with E-state index >= 15 is 0 Å². The molecule has 0 atom stereocenters. The van der Waals surface area contributed by atoms with Crippen LogP contribution in [0.4, 0.5) is 11.4 Å². The van der Waals surface area contributed by atoms with Gasteiger partial charge in [-0.2, -0.15) is 0 Å². The van der Waals surface area contributed by atoms with Crippen LogP contribution in [0.2, 0.25) is 10.0 Å². The zero-order valence-corrected chi connectivity index (χ0v) is 17.4. The minimum atomic E-state index is -4.80. The third-order valence-corrected chi connectivity index (χ3v) is 6.92. The molecule has 0 aliphatic carbocycles. The highest BCUT2D eigenvalue weighted by Crippen LogP contribution is 2.44. The minimum absolute atomic E-state index is 0.0301. The van der Waals surface area contributed by atoms with Crippen LogP contribution in [0.1, 0.15) is 0 Å². The Balaban J connectivity index is 2.32. The Bertz CT molecular complexity index is 1190. The van der Waals surface area contributed by atoms with Crippen molar-refractivity contribution in [3.05, 3.63) is 64.6 Å². The van der Waals surface area contributed by atoms with Crippen molar-refractivity contribution in [2.24, 2.45) is 0 Å². The van der Waals surface area contributed by atoms with Gasteiger partial charge in [-0.25, -0.2) is 8.42 Å². The van der Waals surface area contributed by atoms with E-state index in [1.165, 1.54) is 12.1 Å². The van der Waals surface area contributed by atoms with Crippen LogP contribution in [0.3, 0.4) is 0 Å². The Morgan fingerprint density at radius 1 is 1.00 bits per heavy atom. The molecule has 11 heteroatoms. The van der Waals surface area contributed by atoms with Crippen LogP contribution >= 0.6 is 30.8 Å². The van der Waals surface area contributed by atoms with Gasteiger partial charge in [-0.3, -0.25) is 8.87 Å². The smallest absolute Gasteiger partial charge is 0.345 e. The molecule has 3 aromatic rings. The number of fused-ring (bicyclic) bond motifs is 1. The quantitative estimate of drug-likeness (QED) is 0.389. The van der Waals surface area contributed by atoms with E-state index in [0.717, 1.165) is 12.1 Å². The molecule has 0 fully saturated rings. The summed E-state index contributed by atoms with van der Waals surface area (Å²) >= 11 is 11.8. The standard InChI is InChI=1S/C17H15Cl2N2O5PS/c18-12-7-13(19)9-14(8-12)28(25,26)21(10-27(22,23)24)17-15-4-2-1-3-11(15)5-6-16(17)20/h1-9H,10,20H2,(H2,22,23,24). The third-order valence-electron chi connectivity index (χ3n) is 3.92. The molecule has 0 heterocycles. The second-order valence-electron chi connectivity index (χ2n) is 5.99. The van der Waals surface area contributed by atoms with Crippen LogP contribution < -0.4 is 10.0 Å². The monoisotopic (exact) mass is 460 g/mol. The van der Waals surface area contributed by atoms with Crippen molar-refractivity contribution in [1.82, 2.24) is 0 Å². The summed E-state index contributed by atoms with van der Waals surface area (Å²) in [5.74, 6) is 0. The van der Waals surface area contributed by atoms with E-state index in [1.807, 2.05) is 0 Å². The summed E-state index contributed by atoms with van der Waals surface area (Å²) in [5.41, 5.74) is 6.04. The number of nitrogens with two attached hydrogens (primary N) is 1. The van der Waals surface area contributed by atoms with Gasteiger partial charge < -0.3 is 15.5 Å². The first kappa shape index (κ1) is 20.9. The normalized spacial score (nSPS) is 12.3. The maximum Gasteiger partial charge on any atom is 0.345 e. The summed E-state index contributed by atoms with van der Waals surface area (Å²) in [6.07, 6.45) is -1.10. The fraction of sp³-hybridized carbons (Fsp3) is 0.0588. The topological polar surface area (TPSA) is 121 Å². The van der Waals surface area contributed by atoms with E-state index in [-0.39, 0.29) is 26.3 Å². The maximum absolute atomic E-state index is 13.3. The molecule has 0 aromatic heterocycles. The number of hydrogen-bond acceptors (Lipinski definition) is 4. The van der Waals surface area contributed by atoms with Gasteiger partial charge in [-0.05, 0) is 29.7 Å². The molecule has 3 aromatic carbocycles. The fourth-order valence-corrected chi connectivity index (χ4v) is 6.23. The second kappa shape index (κ2) is 7.55. The van der Waals surface area contributed by atoms with E-state index in [1.54, 1.807) is 30.3 Å². The molecule has 28 heavy (non-hydrogen) atoms. The molecule has 0 radical (unpaired) electrons. The van der Waals surface area contributed by atoms with Crippen LogP contribution in [-0.2, 0) is 14.6 Å². The van der Waals surface area contributed by atoms with Gasteiger partial charge in [0.1, 0.15) is 6.29 Å². The summed E-state index contributed by atoms with van der Waals surface area (Å²) in [6, 6.07) is 13.6. The lowest BCUT2D eigenvalue weighted by molar-refractivity contribution is 0.373. The van der Waals surface area contributed by atoms with Gasteiger partial charge >= 0.3 is 7.60 Å². The average molecular weight is 461 g/mol. The summed E-state index contributed by atoms with van der Waals surface area (Å²) in [4.78, 5) is 18.8. The number of rotatable bonds is 5. The summed E-state index contributed by atoms with van der Waals surface area (Å²) in [5, 5.41) is 1.20. The van der Waals surface area contributed by atoms with Gasteiger partial charge in [0.25, 0.3) is 10.0 Å². The highest BCUT2D eigenvalue weighted by atomic mass is 35.5. The molecule has 4 N–H and O–H groups in total. The molecule has 0 saturated heterocycles. The fourth-order valence-electron chi connectivity index (χ4n) is 2.79. The van der Waals surface area contributed by atoms with Gasteiger partial charge in [-0.15, -0.1) is 0 Å². The number of benzene rings is 3. The molecule has 3 rings (SSSR count). The molecule has 0 spiro atoms. The van der Waals surface area contributed by atoms with E-state index in [9.17, 15) is 22.8 Å². The summed E-state index contributed by atoms with van der Waals surface area (Å²) in [7, 11) is -9.25. The zero-order valence-electron chi connectivity index (χ0n) is 14.2. The van der Waals surface area contributed by atoms with Crippen molar-refractivity contribution in [3.63, 3.8) is 0 Å². The van der Waals surface area contributed by atoms with Crippen molar-refractivity contribution >= 4 is 63.0 Å². The Morgan fingerprint density at radius 3 is 2.21 bits per heavy atom. The molecule has 0 saturated carbocycles. The van der Waals surface area contributed by atoms with Crippen molar-refractivity contribution < 1.29 is 22.8 Å². The van der Waals surface area contributed by atoms with Gasteiger partial charge in [0.05, 0.1) is 16.3 Å². The highest BCUT2D eigenvalue weighted by Gasteiger charge is 2.33. The number of nitrogens with zero attached hydrogens (tertiary/aromatic N) is 1. The molecular weight excluding hydrogens is 446 g/mol. The number of nitrogen functional groups attached to an aromatic ring is 1. The first-order chi connectivity index (χ1) is 13.0. The maximum atomic E-state index is 13.3. The lowest BCUT2D eigenvalue weighted by atomic mass is 10.1. The molecule has 0 aliphatic heterocycles. The van der Waals surface area contributed by atoms with E-state index < -0.39 is 23.9 Å². The third kappa shape index (κ3) is 4.27. The Morgan fingerprint density at radius 2 is 1.61 bits per heavy atom. The van der Waals surface area contributed by atoms with Gasteiger partial charge in [0.15, 0.2) is 0 Å². The lowest BCUT2D eigenvalue weighted by Gasteiger charge is -2.27. The number of anilines is 2. The average Bonchev–Trinajstić information content (AvgIpc) is 2.58. The van der Waals surface area contributed by atoms with Crippen LogP contribution in [-0.4, -0.2) is 24.5 Å². The van der Waals surface area contributed by atoms with Crippen molar-refractivity contribution in [1.29, 1.82) is 0 Å². The number of hydrogen-bond donors (Lipinski definition) is 3. The van der Waals surface area contributed by atoms with Gasteiger partial charge in [-0.1, -0.05) is 53.5 Å².